The van der Waals surface area contributed by atoms with Crippen molar-refractivity contribution in [1.29, 1.82) is 0 Å². The minimum Gasteiger partial charge on any atom is -0.326 e. The molecule has 1 aliphatic rings. The van der Waals surface area contributed by atoms with Crippen molar-refractivity contribution < 1.29 is 17.6 Å². The van der Waals surface area contributed by atoms with Crippen molar-refractivity contribution in [2.75, 3.05) is 18.4 Å². The van der Waals surface area contributed by atoms with E-state index in [1.165, 1.54) is 22.5 Å². The van der Waals surface area contributed by atoms with Crippen molar-refractivity contribution in [3.05, 3.63) is 78.1 Å². The molecule has 1 saturated heterocycles. The van der Waals surface area contributed by atoms with Crippen LogP contribution in [0.15, 0.2) is 66.7 Å². The number of benzene rings is 3. The van der Waals surface area contributed by atoms with Gasteiger partial charge < -0.3 is 5.32 Å². The molecule has 0 aliphatic carbocycles. The lowest BCUT2D eigenvalue weighted by Gasteiger charge is -2.30. The second-order valence-corrected chi connectivity index (χ2v) is 9.54. The number of fused-ring (bicyclic) bond motifs is 1. The summed E-state index contributed by atoms with van der Waals surface area (Å²) >= 11 is 0. The van der Waals surface area contributed by atoms with Crippen molar-refractivity contribution in [2.24, 2.45) is 5.92 Å². The summed E-state index contributed by atoms with van der Waals surface area (Å²) in [6, 6.07) is 19.6. The third-order valence-electron chi connectivity index (χ3n) is 5.53. The molecule has 5 nitrogen and oxygen atoms in total. The van der Waals surface area contributed by atoms with Crippen molar-refractivity contribution in [1.82, 2.24) is 4.31 Å². The minimum atomic E-state index is -3.63. The first-order chi connectivity index (χ1) is 14.4. The number of amides is 1. The molecule has 3 aromatic rings. The van der Waals surface area contributed by atoms with E-state index in [-0.39, 0.29) is 36.2 Å². The zero-order chi connectivity index (χ0) is 21.1. The first-order valence-electron chi connectivity index (χ1n) is 9.93. The summed E-state index contributed by atoms with van der Waals surface area (Å²) in [6.45, 7) is 0.513. The number of carbonyl (C=O) groups excluding carboxylic acids is 1. The third-order valence-corrected chi connectivity index (χ3v) is 7.36. The molecule has 7 heteroatoms. The molecule has 3 aromatic carbocycles. The fraction of sp³-hybridized carbons (Fsp3) is 0.261. The Morgan fingerprint density at radius 3 is 2.37 bits per heavy atom. The van der Waals surface area contributed by atoms with Gasteiger partial charge in [-0.25, -0.2) is 17.1 Å². The molecule has 0 saturated carbocycles. The van der Waals surface area contributed by atoms with E-state index in [0.717, 1.165) is 16.5 Å². The van der Waals surface area contributed by atoms with Crippen molar-refractivity contribution in [2.45, 2.75) is 18.6 Å². The van der Waals surface area contributed by atoms with E-state index in [1.54, 1.807) is 6.07 Å². The summed E-state index contributed by atoms with van der Waals surface area (Å²) < 4.78 is 40.5. The van der Waals surface area contributed by atoms with Gasteiger partial charge in [0, 0.05) is 30.3 Å². The second kappa shape index (κ2) is 8.53. The molecule has 4 rings (SSSR count). The normalized spacial score (nSPS) is 15.9. The largest absolute Gasteiger partial charge is 0.326 e. The van der Waals surface area contributed by atoms with Crippen LogP contribution in [-0.2, 0) is 20.6 Å². The van der Waals surface area contributed by atoms with E-state index < -0.39 is 15.8 Å². The molecule has 0 bridgehead atoms. The van der Waals surface area contributed by atoms with Gasteiger partial charge in [0.05, 0.1) is 5.75 Å². The van der Waals surface area contributed by atoms with Crippen LogP contribution in [0, 0.1) is 11.7 Å². The zero-order valence-corrected chi connectivity index (χ0v) is 17.2. The van der Waals surface area contributed by atoms with Crippen molar-refractivity contribution >= 4 is 32.4 Å². The maximum atomic E-state index is 13.8. The van der Waals surface area contributed by atoms with Crippen LogP contribution in [0.4, 0.5) is 10.1 Å². The molecular weight excluding hydrogens is 403 g/mol. The predicted octanol–water partition coefficient (Wildman–Crippen LogP) is 4.16. The number of nitrogens with one attached hydrogen (secondary N) is 1. The molecule has 0 radical (unpaired) electrons. The fourth-order valence-corrected chi connectivity index (χ4v) is 5.39. The number of halogens is 1. The number of carbonyl (C=O) groups is 1. The van der Waals surface area contributed by atoms with Gasteiger partial charge in [0.25, 0.3) is 0 Å². The minimum absolute atomic E-state index is 0.101. The van der Waals surface area contributed by atoms with Crippen molar-refractivity contribution in [3.63, 3.8) is 0 Å². The molecule has 1 heterocycles. The van der Waals surface area contributed by atoms with E-state index >= 15 is 0 Å². The summed E-state index contributed by atoms with van der Waals surface area (Å²) in [7, 11) is -3.63. The number of nitrogens with zero attached hydrogens (tertiary/aromatic N) is 1. The smallest absolute Gasteiger partial charge is 0.227 e. The van der Waals surface area contributed by atoms with Crippen LogP contribution in [0.5, 0.6) is 0 Å². The molecule has 0 atom stereocenters. The van der Waals surface area contributed by atoms with Gasteiger partial charge in [-0.05, 0) is 41.8 Å². The quantitative estimate of drug-likeness (QED) is 0.666. The van der Waals surface area contributed by atoms with Crippen LogP contribution in [0.2, 0.25) is 0 Å². The van der Waals surface area contributed by atoms with Crippen LogP contribution in [0.3, 0.4) is 0 Å². The molecular formula is C23H23FN2O3S. The number of sulfonamides is 1. The number of anilines is 1. The molecule has 156 valence electrons. The second-order valence-electron chi connectivity index (χ2n) is 7.57. The Hall–Kier alpha value is -2.77. The highest BCUT2D eigenvalue weighted by Crippen LogP contribution is 2.25. The maximum absolute atomic E-state index is 13.8. The Bertz CT molecular complexity index is 1170. The monoisotopic (exact) mass is 426 g/mol. The first kappa shape index (κ1) is 20.5. The number of hydrogen-bond donors (Lipinski definition) is 1. The standard InChI is InChI=1S/C23H23FN2O3S/c24-22-8-4-3-7-20(22)16-30(28,29)26-13-11-18(12-14-26)23(27)25-21-10-9-17-5-1-2-6-19(17)15-21/h1-10,15,18H,11-14,16H2,(H,25,27). The van der Waals surface area contributed by atoms with E-state index in [4.69, 9.17) is 0 Å². The average Bonchev–Trinajstić information content (AvgIpc) is 2.75. The highest BCUT2D eigenvalue weighted by Gasteiger charge is 2.31. The lowest BCUT2D eigenvalue weighted by atomic mass is 9.97. The third kappa shape index (κ3) is 4.52. The fourth-order valence-electron chi connectivity index (χ4n) is 3.81. The summed E-state index contributed by atoms with van der Waals surface area (Å²) in [4.78, 5) is 12.7. The summed E-state index contributed by atoms with van der Waals surface area (Å²) in [5, 5.41) is 5.09. The number of hydrogen-bond acceptors (Lipinski definition) is 3. The van der Waals surface area contributed by atoms with Gasteiger partial charge >= 0.3 is 0 Å². The first-order valence-corrected chi connectivity index (χ1v) is 11.5. The number of piperidine rings is 1. The average molecular weight is 427 g/mol. The Kier molecular flexibility index (Phi) is 5.83. The SMILES string of the molecule is O=C(Nc1ccc2ccccc2c1)C1CCN(S(=O)(=O)Cc2ccccc2F)CC1. The van der Waals surface area contributed by atoms with Gasteiger partial charge in [-0.1, -0.05) is 48.5 Å². The van der Waals surface area contributed by atoms with Gasteiger partial charge in [-0.2, -0.15) is 0 Å². The van der Waals surface area contributed by atoms with Crippen LogP contribution in [0.1, 0.15) is 18.4 Å². The highest BCUT2D eigenvalue weighted by molar-refractivity contribution is 7.88. The van der Waals surface area contributed by atoms with Gasteiger partial charge in [0.1, 0.15) is 5.82 Å². The summed E-state index contributed by atoms with van der Waals surface area (Å²) in [6.07, 6.45) is 0.881. The van der Waals surface area contributed by atoms with Crippen LogP contribution >= 0.6 is 0 Å². The number of rotatable bonds is 5. The topological polar surface area (TPSA) is 66.5 Å². The van der Waals surface area contributed by atoms with E-state index in [0.29, 0.717) is 12.8 Å². The maximum Gasteiger partial charge on any atom is 0.227 e. The van der Waals surface area contributed by atoms with Crippen LogP contribution in [-0.4, -0.2) is 31.7 Å². The van der Waals surface area contributed by atoms with Gasteiger partial charge in [0.2, 0.25) is 15.9 Å². The van der Waals surface area contributed by atoms with E-state index in [9.17, 15) is 17.6 Å². The molecule has 1 amide bonds. The van der Waals surface area contributed by atoms with Gasteiger partial charge in [0.15, 0.2) is 0 Å². The molecule has 30 heavy (non-hydrogen) atoms. The Balaban J connectivity index is 1.36. The lowest BCUT2D eigenvalue weighted by molar-refractivity contribution is -0.120. The predicted molar refractivity (Wildman–Crippen MR) is 116 cm³/mol. The van der Waals surface area contributed by atoms with Crippen LogP contribution in [0.25, 0.3) is 10.8 Å². The molecule has 1 N–H and O–H groups in total. The Labute approximate surface area is 175 Å². The van der Waals surface area contributed by atoms with Crippen LogP contribution < -0.4 is 5.32 Å². The molecule has 0 aromatic heterocycles. The van der Waals surface area contributed by atoms with Gasteiger partial charge in [-0.15, -0.1) is 0 Å². The van der Waals surface area contributed by atoms with E-state index in [1.807, 2.05) is 42.5 Å². The van der Waals surface area contributed by atoms with E-state index in [2.05, 4.69) is 5.32 Å². The van der Waals surface area contributed by atoms with Gasteiger partial charge in [-0.3, -0.25) is 4.79 Å². The van der Waals surface area contributed by atoms with Crippen molar-refractivity contribution in [3.8, 4) is 0 Å². The lowest BCUT2D eigenvalue weighted by Crippen LogP contribution is -2.42. The Morgan fingerprint density at radius 1 is 0.967 bits per heavy atom. The molecule has 0 spiro atoms. The summed E-state index contributed by atoms with van der Waals surface area (Å²) in [5.74, 6) is -1.24. The molecule has 0 unspecified atom stereocenters. The molecule has 1 fully saturated rings. The zero-order valence-electron chi connectivity index (χ0n) is 16.4. The highest BCUT2D eigenvalue weighted by atomic mass is 32.2. The Morgan fingerprint density at radius 2 is 1.63 bits per heavy atom. The molecule has 1 aliphatic heterocycles. The summed E-state index contributed by atoms with van der Waals surface area (Å²) in [5.41, 5.74) is 0.891.